The zero-order chi connectivity index (χ0) is 24.3. The van der Waals surface area contributed by atoms with Gasteiger partial charge >= 0.3 is 0 Å². The maximum atomic E-state index is 6.69. The molecule has 5 nitrogen and oxygen atoms in total. The number of aryl methyl sites for hydroxylation is 3. The van der Waals surface area contributed by atoms with Crippen molar-refractivity contribution < 1.29 is 9.47 Å². The third kappa shape index (κ3) is 5.27. The Labute approximate surface area is 208 Å². The molecule has 4 rings (SSSR count). The molecule has 3 heterocycles. The van der Waals surface area contributed by atoms with Crippen molar-refractivity contribution in [3.8, 4) is 16.9 Å². The lowest BCUT2D eigenvalue weighted by molar-refractivity contribution is -0.126. The molecule has 1 saturated heterocycles. The molecule has 34 heavy (non-hydrogen) atoms. The van der Waals surface area contributed by atoms with Crippen LogP contribution in [0.2, 0.25) is 5.02 Å². The van der Waals surface area contributed by atoms with Crippen molar-refractivity contribution in [2.24, 2.45) is 0 Å². The Balaban J connectivity index is 1.91. The molecule has 6 heteroatoms. The van der Waals surface area contributed by atoms with Crippen LogP contribution in [0.4, 0.5) is 0 Å². The summed E-state index contributed by atoms with van der Waals surface area (Å²) < 4.78 is 12.7. The molecule has 0 radical (unpaired) electrons. The molecule has 3 aromatic rings. The predicted molar refractivity (Wildman–Crippen MR) is 137 cm³/mol. The van der Waals surface area contributed by atoms with Crippen molar-refractivity contribution >= 4 is 11.6 Å². The van der Waals surface area contributed by atoms with Crippen LogP contribution < -0.4 is 4.74 Å². The maximum absolute atomic E-state index is 6.69. The molecule has 0 saturated carbocycles. The number of rotatable bonds is 7. The fourth-order valence-corrected chi connectivity index (χ4v) is 5.01. The summed E-state index contributed by atoms with van der Waals surface area (Å²) in [6.07, 6.45) is 6.79. The second kappa shape index (κ2) is 10.4. The molecule has 180 valence electrons. The number of aromatic nitrogens is 2. The molecule has 2 aromatic heterocycles. The molecule has 1 atom stereocenters. The van der Waals surface area contributed by atoms with Gasteiger partial charge in [-0.25, -0.2) is 0 Å². The van der Waals surface area contributed by atoms with Gasteiger partial charge in [-0.05, 0) is 61.9 Å². The highest BCUT2D eigenvalue weighted by atomic mass is 35.5. The maximum Gasteiger partial charge on any atom is 0.181 e. The molecule has 0 spiro atoms. The van der Waals surface area contributed by atoms with E-state index in [1.165, 1.54) is 22.3 Å². The van der Waals surface area contributed by atoms with E-state index in [-0.39, 0.29) is 11.8 Å². The van der Waals surface area contributed by atoms with Crippen LogP contribution in [0.1, 0.15) is 56.3 Å². The minimum atomic E-state index is -0.359. The van der Waals surface area contributed by atoms with Crippen LogP contribution >= 0.6 is 11.6 Å². The van der Waals surface area contributed by atoms with Gasteiger partial charge in [-0.1, -0.05) is 43.6 Å². The quantitative estimate of drug-likeness (QED) is 0.391. The Bertz CT molecular complexity index is 1130. The van der Waals surface area contributed by atoms with Gasteiger partial charge in [0.15, 0.2) is 6.23 Å². The Kier molecular flexibility index (Phi) is 7.56. The number of morpholine rings is 1. The highest BCUT2D eigenvalue weighted by molar-refractivity contribution is 6.30. The first-order chi connectivity index (χ1) is 16.3. The largest absolute Gasteiger partial charge is 0.469 e. The Morgan fingerprint density at radius 1 is 1.15 bits per heavy atom. The van der Waals surface area contributed by atoms with E-state index < -0.39 is 0 Å². The van der Waals surface area contributed by atoms with Gasteiger partial charge in [-0.15, -0.1) is 0 Å². The molecule has 1 aliphatic heterocycles. The summed E-state index contributed by atoms with van der Waals surface area (Å²) in [5, 5.41) is 0.547. The summed E-state index contributed by atoms with van der Waals surface area (Å²) in [6, 6.07) is 10.6. The van der Waals surface area contributed by atoms with Crippen LogP contribution in [0.5, 0.6) is 5.75 Å². The smallest absolute Gasteiger partial charge is 0.181 e. The summed E-state index contributed by atoms with van der Waals surface area (Å²) in [7, 11) is 0. The van der Waals surface area contributed by atoms with Crippen molar-refractivity contribution in [2.75, 3.05) is 19.7 Å². The van der Waals surface area contributed by atoms with E-state index in [1.807, 2.05) is 12.3 Å². The van der Waals surface area contributed by atoms with E-state index in [0.29, 0.717) is 17.4 Å². The number of hydrogen-bond acceptors (Lipinski definition) is 5. The molecule has 1 aliphatic rings. The van der Waals surface area contributed by atoms with E-state index in [9.17, 15) is 0 Å². The minimum Gasteiger partial charge on any atom is -0.469 e. The lowest BCUT2D eigenvalue weighted by Gasteiger charge is -2.42. The summed E-state index contributed by atoms with van der Waals surface area (Å²) in [5.74, 6) is 0.635. The fourth-order valence-electron chi connectivity index (χ4n) is 4.85. The minimum absolute atomic E-state index is 0.279. The van der Waals surface area contributed by atoms with Crippen molar-refractivity contribution in [1.82, 2.24) is 14.9 Å². The van der Waals surface area contributed by atoms with Gasteiger partial charge < -0.3 is 9.47 Å². The zero-order valence-corrected chi connectivity index (χ0v) is 21.5. The lowest BCUT2D eigenvalue weighted by Crippen LogP contribution is -2.50. The molecule has 0 bridgehead atoms. The van der Waals surface area contributed by atoms with Crippen molar-refractivity contribution in [2.45, 2.75) is 59.3 Å². The Hall–Kier alpha value is -2.47. The van der Waals surface area contributed by atoms with E-state index in [0.717, 1.165) is 37.2 Å². The molecule has 0 amide bonds. The second-order valence-corrected chi connectivity index (χ2v) is 9.84. The monoisotopic (exact) mass is 479 g/mol. The number of halogens is 1. The molecule has 1 aromatic carbocycles. The number of ether oxygens (including phenoxy) is 2. The van der Waals surface area contributed by atoms with E-state index in [2.05, 4.69) is 68.8 Å². The van der Waals surface area contributed by atoms with Gasteiger partial charge in [-0.2, -0.15) is 0 Å². The Morgan fingerprint density at radius 2 is 1.88 bits per heavy atom. The summed E-state index contributed by atoms with van der Waals surface area (Å²) in [5.41, 5.74) is 6.88. The summed E-state index contributed by atoms with van der Waals surface area (Å²) >= 11 is 6.25. The predicted octanol–water partition coefficient (Wildman–Crippen LogP) is 6.42. The van der Waals surface area contributed by atoms with E-state index in [1.54, 1.807) is 12.4 Å². The van der Waals surface area contributed by atoms with Gasteiger partial charge in [0.05, 0.1) is 23.4 Å². The zero-order valence-electron chi connectivity index (χ0n) is 20.8. The molecule has 1 unspecified atom stereocenters. The number of nitrogens with zero attached hydrogens (tertiary/aromatic N) is 3. The third-order valence-electron chi connectivity index (χ3n) is 6.42. The lowest BCUT2D eigenvalue weighted by atomic mass is 9.88. The third-order valence-corrected chi connectivity index (χ3v) is 6.63. The first-order valence-corrected chi connectivity index (χ1v) is 12.4. The molecule has 0 aliphatic carbocycles. The standard InChI is InChI=1S/C28H34ClN3O2/c1-6-20-9-8-10-21(7-2)26(20)24-11-12-31-19(3)25(24)27(32-13-14-33-28(4,5)18-32)34-23-15-22(29)16-30-17-23/h8-12,15-17,27H,6-7,13-14,18H2,1-5H3. The normalized spacial score (nSPS) is 16.9. The van der Waals surface area contributed by atoms with Crippen LogP contribution in [0.25, 0.3) is 11.1 Å². The SMILES string of the molecule is CCc1cccc(CC)c1-c1ccnc(C)c1C(Oc1cncc(Cl)c1)N1CCOC(C)(C)C1. The van der Waals surface area contributed by atoms with Crippen LogP contribution in [-0.4, -0.2) is 40.2 Å². The van der Waals surface area contributed by atoms with E-state index in [4.69, 9.17) is 26.1 Å². The van der Waals surface area contributed by atoms with Crippen LogP contribution in [0.15, 0.2) is 48.9 Å². The van der Waals surface area contributed by atoms with Crippen LogP contribution in [-0.2, 0) is 17.6 Å². The first-order valence-electron chi connectivity index (χ1n) is 12.0. The van der Waals surface area contributed by atoms with Crippen LogP contribution in [0, 0.1) is 6.92 Å². The number of benzene rings is 1. The summed E-state index contributed by atoms with van der Waals surface area (Å²) in [6.45, 7) is 12.9. The topological polar surface area (TPSA) is 47.5 Å². The average Bonchev–Trinajstić information content (AvgIpc) is 2.81. The molecular weight excluding hydrogens is 446 g/mol. The highest BCUT2D eigenvalue weighted by Crippen LogP contribution is 2.39. The Morgan fingerprint density at radius 3 is 2.53 bits per heavy atom. The molecule has 0 N–H and O–H groups in total. The van der Waals surface area contributed by atoms with Crippen molar-refractivity contribution in [1.29, 1.82) is 0 Å². The second-order valence-electron chi connectivity index (χ2n) is 9.40. The summed E-state index contributed by atoms with van der Waals surface area (Å²) in [4.78, 5) is 11.3. The van der Waals surface area contributed by atoms with Gasteiger partial charge in [0.1, 0.15) is 5.75 Å². The highest BCUT2D eigenvalue weighted by Gasteiger charge is 2.35. The molecular formula is C28H34ClN3O2. The van der Waals surface area contributed by atoms with Crippen molar-refractivity contribution in [3.63, 3.8) is 0 Å². The van der Waals surface area contributed by atoms with Gasteiger partial charge in [-0.3, -0.25) is 14.9 Å². The number of pyridine rings is 2. The number of hydrogen-bond donors (Lipinski definition) is 0. The van der Waals surface area contributed by atoms with E-state index >= 15 is 0 Å². The van der Waals surface area contributed by atoms with Gasteiger partial charge in [0, 0.05) is 42.8 Å². The average molecular weight is 480 g/mol. The van der Waals surface area contributed by atoms with Crippen molar-refractivity contribution in [3.05, 3.63) is 76.3 Å². The van der Waals surface area contributed by atoms with Crippen LogP contribution in [0.3, 0.4) is 0 Å². The van der Waals surface area contributed by atoms with Gasteiger partial charge in [0.2, 0.25) is 0 Å². The molecule has 1 fully saturated rings. The first kappa shape index (κ1) is 24.6. The fraction of sp³-hybridized carbons (Fsp3) is 0.429. The van der Waals surface area contributed by atoms with Gasteiger partial charge in [0.25, 0.3) is 0 Å².